The van der Waals surface area contributed by atoms with Gasteiger partial charge in [0, 0.05) is 19.3 Å². The lowest BCUT2D eigenvalue weighted by molar-refractivity contribution is 0.374. The van der Waals surface area contributed by atoms with Crippen molar-refractivity contribution in [1.29, 1.82) is 0 Å². The fourth-order valence-electron chi connectivity index (χ4n) is 2.46. The highest BCUT2D eigenvalue weighted by molar-refractivity contribution is 5.38. The van der Waals surface area contributed by atoms with Gasteiger partial charge in [-0.05, 0) is 50.4 Å². The van der Waals surface area contributed by atoms with Gasteiger partial charge in [-0.1, -0.05) is 6.92 Å². The Bertz CT molecular complexity index is 273. The van der Waals surface area contributed by atoms with E-state index in [0.29, 0.717) is 0 Å². The van der Waals surface area contributed by atoms with E-state index in [2.05, 4.69) is 34.3 Å². The standard InChI is InChI=1S/C13H23N3/c1-2-14-9-5-12-6-10-16(11-7-12)13-4-3-8-15-13/h3-4,8,12,14-15H,2,5-7,9-11H2,1H3. The Hall–Kier alpha value is -0.960. The van der Waals surface area contributed by atoms with Crippen LogP contribution in [0, 0.1) is 5.92 Å². The third kappa shape index (κ3) is 3.01. The van der Waals surface area contributed by atoms with E-state index in [0.717, 1.165) is 12.5 Å². The van der Waals surface area contributed by atoms with Gasteiger partial charge in [-0.3, -0.25) is 0 Å². The molecule has 1 saturated heterocycles. The van der Waals surface area contributed by atoms with Gasteiger partial charge in [-0.25, -0.2) is 0 Å². The molecule has 3 heteroatoms. The zero-order valence-electron chi connectivity index (χ0n) is 10.2. The fraction of sp³-hybridized carbons (Fsp3) is 0.692. The molecule has 90 valence electrons. The van der Waals surface area contributed by atoms with Gasteiger partial charge in [0.2, 0.25) is 0 Å². The Morgan fingerprint density at radius 3 is 2.88 bits per heavy atom. The Balaban J connectivity index is 1.70. The summed E-state index contributed by atoms with van der Waals surface area (Å²) in [6.07, 6.45) is 6.02. The first-order valence-electron chi connectivity index (χ1n) is 6.49. The fourth-order valence-corrected chi connectivity index (χ4v) is 2.46. The van der Waals surface area contributed by atoms with Crippen molar-refractivity contribution in [3.63, 3.8) is 0 Å². The molecule has 0 radical (unpaired) electrons. The number of nitrogens with one attached hydrogen (secondary N) is 2. The monoisotopic (exact) mass is 221 g/mol. The molecule has 0 atom stereocenters. The van der Waals surface area contributed by atoms with E-state index >= 15 is 0 Å². The summed E-state index contributed by atoms with van der Waals surface area (Å²) in [7, 11) is 0. The lowest BCUT2D eigenvalue weighted by Gasteiger charge is -2.32. The molecule has 2 rings (SSSR count). The number of hydrogen-bond acceptors (Lipinski definition) is 2. The highest BCUT2D eigenvalue weighted by Crippen LogP contribution is 2.23. The SMILES string of the molecule is CCNCCC1CCN(c2ccc[nH]2)CC1. The zero-order valence-corrected chi connectivity index (χ0v) is 10.2. The van der Waals surface area contributed by atoms with E-state index in [-0.39, 0.29) is 0 Å². The van der Waals surface area contributed by atoms with Crippen molar-refractivity contribution in [3.8, 4) is 0 Å². The highest BCUT2D eigenvalue weighted by atomic mass is 15.2. The van der Waals surface area contributed by atoms with Crippen LogP contribution in [0.5, 0.6) is 0 Å². The maximum Gasteiger partial charge on any atom is 0.105 e. The van der Waals surface area contributed by atoms with E-state index in [9.17, 15) is 0 Å². The smallest absolute Gasteiger partial charge is 0.105 e. The van der Waals surface area contributed by atoms with Gasteiger partial charge in [0.15, 0.2) is 0 Å². The summed E-state index contributed by atoms with van der Waals surface area (Å²) in [6, 6.07) is 4.24. The van der Waals surface area contributed by atoms with Gasteiger partial charge in [-0.2, -0.15) is 0 Å². The molecular formula is C13H23N3. The Morgan fingerprint density at radius 2 is 2.25 bits per heavy atom. The number of rotatable bonds is 5. The van der Waals surface area contributed by atoms with Gasteiger partial charge in [0.05, 0.1) is 0 Å². The summed E-state index contributed by atoms with van der Waals surface area (Å²) >= 11 is 0. The summed E-state index contributed by atoms with van der Waals surface area (Å²) in [5.74, 6) is 2.20. The molecule has 0 amide bonds. The average molecular weight is 221 g/mol. The minimum atomic E-state index is 0.922. The van der Waals surface area contributed by atoms with Crippen molar-refractivity contribution in [2.75, 3.05) is 31.1 Å². The topological polar surface area (TPSA) is 31.1 Å². The van der Waals surface area contributed by atoms with E-state index in [1.807, 2.05) is 6.20 Å². The molecule has 2 N–H and O–H groups in total. The second-order valence-corrected chi connectivity index (χ2v) is 4.63. The molecule has 16 heavy (non-hydrogen) atoms. The molecule has 1 aliphatic rings. The quantitative estimate of drug-likeness (QED) is 0.747. The van der Waals surface area contributed by atoms with Crippen LogP contribution >= 0.6 is 0 Å². The summed E-state index contributed by atoms with van der Waals surface area (Å²) in [5, 5.41) is 3.41. The van der Waals surface area contributed by atoms with E-state index in [1.165, 1.54) is 44.7 Å². The largest absolute Gasteiger partial charge is 0.358 e. The second-order valence-electron chi connectivity index (χ2n) is 4.63. The Morgan fingerprint density at radius 1 is 1.44 bits per heavy atom. The summed E-state index contributed by atoms with van der Waals surface area (Å²) in [6.45, 7) is 6.87. The molecule has 0 aromatic carbocycles. The molecule has 0 aliphatic carbocycles. The van der Waals surface area contributed by atoms with E-state index in [1.54, 1.807) is 0 Å². The van der Waals surface area contributed by atoms with Crippen molar-refractivity contribution in [3.05, 3.63) is 18.3 Å². The number of anilines is 1. The summed E-state index contributed by atoms with van der Waals surface area (Å²) < 4.78 is 0. The van der Waals surface area contributed by atoms with E-state index in [4.69, 9.17) is 0 Å². The Labute approximate surface area is 98.2 Å². The van der Waals surface area contributed by atoms with E-state index < -0.39 is 0 Å². The number of piperidine rings is 1. The van der Waals surface area contributed by atoms with Crippen LogP contribution in [0.4, 0.5) is 5.82 Å². The lowest BCUT2D eigenvalue weighted by atomic mass is 9.93. The van der Waals surface area contributed by atoms with Crippen LogP contribution in [0.3, 0.4) is 0 Å². The van der Waals surface area contributed by atoms with Crippen LogP contribution in [0.2, 0.25) is 0 Å². The molecule has 0 spiro atoms. The first-order valence-corrected chi connectivity index (χ1v) is 6.49. The molecule has 3 nitrogen and oxygen atoms in total. The maximum atomic E-state index is 3.41. The molecule has 0 bridgehead atoms. The van der Waals surface area contributed by atoms with Gasteiger partial charge in [0.1, 0.15) is 5.82 Å². The van der Waals surface area contributed by atoms with Crippen molar-refractivity contribution >= 4 is 5.82 Å². The first-order chi connectivity index (χ1) is 7.90. The van der Waals surface area contributed by atoms with Crippen molar-refractivity contribution < 1.29 is 0 Å². The molecule has 2 heterocycles. The predicted molar refractivity (Wildman–Crippen MR) is 68.9 cm³/mol. The van der Waals surface area contributed by atoms with Crippen molar-refractivity contribution in [2.24, 2.45) is 5.92 Å². The first kappa shape index (κ1) is 11.5. The third-order valence-electron chi connectivity index (χ3n) is 3.52. The van der Waals surface area contributed by atoms with Gasteiger partial charge >= 0.3 is 0 Å². The maximum absolute atomic E-state index is 3.41. The second kappa shape index (κ2) is 5.94. The molecular weight excluding hydrogens is 198 g/mol. The van der Waals surface area contributed by atoms with Crippen LogP contribution in [-0.2, 0) is 0 Å². The molecule has 1 fully saturated rings. The van der Waals surface area contributed by atoms with Gasteiger partial charge in [0.25, 0.3) is 0 Å². The van der Waals surface area contributed by atoms with Crippen molar-refractivity contribution in [2.45, 2.75) is 26.2 Å². The van der Waals surface area contributed by atoms with Crippen molar-refractivity contribution in [1.82, 2.24) is 10.3 Å². The number of aromatic amines is 1. The molecule has 1 aliphatic heterocycles. The van der Waals surface area contributed by atoms with Crippen LogP contribution in [-0.4, -0.2) is 31.2 Å². The zero-order chi connectivity index (χ0) is 11.2. The molecule has 1 aromatic heterocycles. The molecule has 0 unspecified atom stereocenters. The van der Waals surface area contributed by atoms with Crippen LogP contribution in [0.1, 0.15) is 26.2 Å². The Kier molecular flexibility index (Phi) is 4.28. The summed E-state index contributed by atoms with van der Waals surface area (Å²) in [4.78, 5) is 5.75. The number of nitrogens with zero attached hydrogens (tertiary/aromatic N) is 1. The average Bonchev–Trinajstić information content (AvgIpc) is 2.84. The lowest BCUT2D eigenvalue weighted by Crippen LogP contribution is -2.34. The number of hydrogen-bond donors (Lipinski definition) is 2. The third-order valence-corrected chi connectivity index (χ3v) is 3.52. The van der Waals surface area contributed by atoms with Crippen LogP contribution in [0.25, 0.3) is 0 Å². The minimum absolute atomic E-state index is 0.922. The summed E-state index contributed by atoms with van der Waals surface area (Å²) in [5.41, 5.74) is 0. The van der Waals surface area contributed by atoms with Crippen LogP contribution < -0.4 is 10.2 Å². The van der Waals surface area contributed by atoms with Gasteiger partial charge < -0.3 is 15.2 Å². The number of H-pyrrole nitrogens is 1. The van der Waals surface area contributed by atoms with Gasteiger partial charge in [-0.15, -0.1) is 0 Å². The van der Waals surface area contributed by atoms with Crippen LogP contribution in [0.15, 0.2) is 18.3 Å². The molecule has 0 saturated carbocycles. The minimum Gasteiger partial charge on any atom is -0.358 e. The normalized spacial score (nSPS) is 17.9. The molecule has 1 aromatic rings. The number of aromatic nitrogens is 1. The highest BCUT2D eigenvalue weighted by Gasteiger charge is 2.19. The predicted octanol–water partition coefficient (Wildman–Crippen LogP) is 2.23.